The molecule has 10 rings (SSSR count). The Morgan fingerprint density at radius 2 is 1.08 bits per heavy atom. The number of nitrogens with zero attached hydrogens (tertiary/aromatic N) is 5. The normalized spacial score (nSPS) is 11.6. The molecule has 6 heteroatoms. The van der Waals surface area contributed by atoms with Crippen LogP contribution in [-0.4, -0.2) is 24.5 Å². The Kier molecular flexibility index (Phi) is 6.60. The molecule has 0 radical (unpaired) electrons. The molecule has 0 bridgehead atoms. The second kappa shape index (κ2) is 11.6. The van der Waals surface area contributed by atoms with Gasteiger partial charge in [-0.05, 0) is 35.4 Å². The maximum absolute atomic E-state index is 5.09. The molecule has 10 aromatic rings. The van der Waals surface area contributed by atoms with Crippen molar-refractivity contribution in [3.8, 4) is 51.0 Å². The smallest absolute Gasteiger partial charge is 0.166 e. The molecule has 4 heterocycles. The number of rotatable bonds is 5. The Morgan fingerprint density at radius 3 is 1.86 bits per heavy atom. The van der Waals surface area contributed by atoms with E-state index in [1.807, 2.05) is 90.5 Å². The van der Waals surface area contributed by atoms with Crippen molar-refractivity contribution in [1.82, 2.24) is 24.5 Å². The lowest BCUT2D eigenvalue weighted by Crippen LogP contribution is -2.04. The third-order valence-electron chi connectivity index (χ3n) is 9.37. The van der Waals surface area contributed by atoms with Crippen molar-refractivity contribution in [3.05, 3.63) is 164 Å². The molecule has 0 aliphatic rings. The number of thiophene rings is 1. The van der Waals surface area contributed by atoms with Gasteiger partial charge in [0, 0.05) is 53.8 Å². The van der Waals surface area contributed by atoms with Crippen molar-refractivity contribution in [2.45, 2.75) is 0 Å². The predicted octanol–water partition coefficient (Wildman–Crippen LogP) is 11.4. The molecule has 0 saturated heterocycles. The van der Waals surface area contributed by atoms with Crippen molar-refractivity contribution in [3.63, 3.8) is 0 Å². The van der Waals surface area contributed by atoms with Crippen molar-refractivity contribution in [2.24, 2.45) is 0 Å². The second-order valence-electron chi connectivity index (χ2n) is 12.3. The fraction of sp³-hybridized carbons (Fsp3) is 0. The number of hydrogen-bond acceptors (Lipinski definition) is 5. The van der Waals surface area contributed by atoms with Crippen LogP contribution >= 0.6 is 11.3 Å². The van der Waals surface area contributed by atoms with Gasteiger partial charge in [-0.15, -0.1) is 11.3 Å². The second-order valence-corrected chi connectivity index (χ2v) is 13.3. The molecule has 0 fully saturated rings. The third kappa shape index (κ3) is 4.61. The zero-order chi connectivity index (χ0) is 33.0. The van der Waals surface area contributed by atoms with Crippen LogP contribution < -0.4 is 0 Å². The van der Waals surface area contributed by atoms with Crippen LogP contribution in [0.5, 0.6) is 0 Å². The number of hydrogen-bond donors (Lipinski definition) is 0. The first-order chi connectivity index (χ1) is 24.8. The average Bonchev–Trinajstić information content (AvgIpc) is 3.74. The molecule has 0 atom stereocenters. The molecular formula is C44H27N5S. The minimum Gasteiger partial charge on any atom is -0.307 e. The SMILES string of the molecule is c1ccc(-c2nc(-c3ccccc3)nc(-c3ccncc3-n3c4ccccc4c4ccc(-c5cccc6c5sc5ccccc56)cc43)n2)cc1. The van der Waals surface area contributed by atoms with E-state index in [4.69, 9.17) is 15.0 Å². The Labute approximate surface area is 291 Å². The summed E-state index contributed by atoms with van der Waals surface area (Å²) in [7, 11) is 0. The van der Waals surface area contributed by atoms with Crippen LogP contribution in [0.2, 0.25) is 0 Å². The summed E-state index contributed by atoms with van der Waals surface area (Å²) in [4.78, 5) is 19.8. The van der Waals surface area contributed by atoms with Crippen LogP contribution in [0.1, 0.15) is 0 Å². The first-order valence-electron chi connectivity index (χ1n) is 16.6. The maximum Gasteiger partial charge on any atom is 0.166 e. The molecule has 50 heavy (non-hydrogen) atoms. The highest BCUT2D eigenvalue weighted by Gasteiger charge is 2.20. The summed E-state index contributed by atoms with van der Waals surface area (Å²) in [6.07, 6.45) is 3.74. The molecule has 0 aliphatic carbocycles. The molecule has 4 aromatic heterocycles. The van der Waals surface area contributed by atoms with Crippen LogP contribution in [0, 0.1) is 0 Å². The molecular weight excluding hydrogens is 631 g/mol. The maximum atomic E-state index is 5.09. The minimum atomic E-state index is 0.590. The van der Waals surface area contributed by atoms with E-state index in [-0.39, 0.29) is 0 Å². The Balaban J connectivity index is 1.22. The Bertz CT molecular complexity index is 2820. The molecule has 0 amide bonds. The number of aromatic nitrogens is 5. The zero-order valence-corrected chi connectivity index (χ0v) is 27.5. The van der Waals surface area contributed by atoms with Crippen LogP contribution in [0.25, 0.3) is 93.0 Å². The monoisotopic (exact) mass is 657 g/mol. The quantitative estimate of drug-likeness (QED) is 0.185. The van der Waals surface area contributed by atoms with Gasteiger partial charge < -0.3 is 4.57 Å². The van der Waals surface area contributed by atoms with Crippen LogP contribution in [0.4, 0.5) is 0 Å². The van der Waals surface area contributed by atoms with Gasteiger partial charge in [0.25, 0.3) is 0 Å². The van der Waals surface area contributed by atoms with E-state index in [1.165, 1.54) is 42.1 Å². The van der Waals surface area contributed by atoms with E-state index in [0.717, 1.165) is 33.4 Å². The molecule has 0 N–H and O–H groups in total. The summed E-state index contributed by atoms with van der Waals surface area (Å²) < 4.78 is 4.91. The summed E-state index contributed by atoms with van der Waals surface area (Å²) in [5, 5.41) is 4.94. The predicted molar refractivity (Wildman–Crippen MR) is 207 cm³/mol. The molecule has 6 aromatic carbocycles. The highest BCUT2D eigenvalue weighted by Crippen LogP contribution is 2.42. The summed E-state index contributed by atoms with van der Waals surface area (Å²) >= 11 is 1.85. The van der Waals surface area contributed by atoms with Crippen molar-refractivity contribution in [1.29, 1.82) is 0 Å². The molecule has 0 spiro atoms. The summed E-state index contributed by atoms with van der Waals surface area (Å²) in [5.74, 6) is 1.84. The van der Waals surface area contributed by atoms with Crippen LogP contribution in [0.15, 0.2) is 164 Å². The molecule has 0 saturated carbocycles. The van der Waals surface area contributed by atoms with Gasteiger partial charge in [-0.3, -0.25) is 4.98 Å². The van der Waals surface area contributed by atoms with Gasteiger partial charge in [0.2, 0.25) is 0 Å². The number of benzene rings is 6. The van der Waals surface area contributed by atoms with E-state index in [9.17, 15) is 0 Å². The first-order valence-corrected chi connectivity index (χ1v) is 17.4. The lowest BCUT2D eigenvalue weighted by atomic mass is 10.0. The van der Waals surface area contributed by atoms with Gasteiger partial charge in [0.05, 0.1) is 22.9 Å². The fourth-order valence-electron chi connectivity index (χ4n) is 7.05. The Hall–Kier alpha value is -6.50. The van der Waals surface area contributed by atoms with Crippen LogP contribution in [-0.2, 0) is 0 Å². The summed E-state index contributed by atoms with van der Waals surface area (Å²) in [6.45, 7) is 0. The van der Waals surface area contributed by atoms with Gasteiger partial charge in [-0.25, -0.2) is 15.0 Å². The lowest BCUT2D eigenvalue weighted by molar-refractivity contribution is 1.06. The Morgan fingerprint density at radius 1 is 0.440 bits per heavy atom. The highest BCUT2D eigenvalue weighted by atomic mass is 32.1. The minimum absolute atomic E-state index is 0.590. The highest BCUT2D eigenvalue weighted by molar-refractivity contribution is 7.26. The number of para-hydroxylation sites is 1. The first kappa shape index (κ1) is 28.5. The van der Waals surface area contributed by atoms with E-state index in [1.54, 1.807) is 0 Å². The van der Waals surface area contributed by atoms with Gasteiger partial charge in [0.15, 0.2) is 17.5 Å². The molecule has 234 valence electrons. The number of pyridine rings is 1. The van der Waals surface area contributed by atoms with E-state index >= 15 is 0 Å². The standard InChI is InChI=1S/C44H27N5S/c1-3-12-28(13-4-1)42-46-43(29-14-5-2-6-15-29)48-44(47-42)36-24-25-45-27-39(36)49-37-20-9-7-16-32(37)33-23-22-30(26-38(33)49)31-18-11-19-35-34-17-8-10-21-40(34)50-41(31)35/h1-27H. The van der Waals surface area contributed by atoms with Crippen molar-refractivity contribution >= 4 is 53.3 Å². The van der Waals surface area contributed by atoms with Gasteiger partial charge >= 0.3 is 0 Å². The van der Waals surface area contributed by atoms with Crippen LogP contribution in [0.3, 0.4) is 0 Å². The average molecular weight is 658 g/mol. The number of fused-ring (bicyclic) bond motifs is 6. The van der Waals surface area contributed by atoms with E-state index < -0.39 is 0 Å². The summed E-state index contributed by atoms with van der Waals surface area (Å²) in [5.41, 5.74) is 8.22. The molecule has 0 unspecified atom stereocenters. The van der Waals surface area contributed by atoms with Crippen molar-refractivity contribution < 1.29 is 0 Å². The lowest BCUT2D eigenvalue weighted by Gasteiger charge is -2.14. The van der Waals surface area contributed by atoms with E-state index in [2.05, 4.69) is 94.5 Å². The van der Waals surface area contributed by atoms with Crippen molar-refractivity contribution in [2.75, 3.05) is 0 Å². The zero-order valence-electron chi connectivity index (χ0n) is 26.7. The molecule has 0 aliphatic heterocycles. The largest absolute Gasteiger partial charge is 0.307 e. The van der Waals surface area contributed by atoms with Gasteiger partial charge in [0.1, 0.15) is 0 Å². The van der Waals surface area contributed by atoms with Gasteiger partial charge in [-0.1, -0.05) is 127 Å². The summed E-state index contributed by atoms with van der Waals surface area (Å²) in [6, 6.07) is 52.9. The topological polar surface area (TPSA) is 56.5 Å². The van der Waals surface area contributed by atoms with Gasteiger partial charge in [-0.2, -0.15) is 0 Å². The van der Waals surface area contributed by atoms with E-state index in [0.29, 0.717) is 17.5 Å². The third-order valence-corrected chi connectivity index (χ3v) is 10.6. The fourth-order valence-corrected chi connectivity index (χ4v) is 8.29. The molecule has 5 nitrogen and oxygen atoms in total.